The Morgan fingerprint density at radius 1 is 0.255 bits per heavy atom. The average molecular weight is 1460 g/mol. The number of hydrogen-bond donors (Lipinski definition) is 0. The molecule has 22 rings (SSSR count). The van der Waals surface area contributed by atoms with Gasteiger partial charge in [0.05, 0.1) is 5.69 Å². The van der Waals surface area contributed by atoms with Crippen LogP contribution >= 0.6 is 34.4 Å². The molecule has 1 aliphatic carbocycles. The van der Waals surface area contributed by atoms with Crippen LogP contribution in [0.15, 0.2) is 398 Å². The Kier molecular flexibility index (Phi) is 15.4. The first-order valence-corrected chi connectivity index (χ1v) is 40.1. The molecular weight excluding hydrogens is 1390 g/mol. The maximum Gasteiger partial charge on any atom is 0.135 e. The molecule has 4 heterocycles. The molecule has 0 saturated heterocycles. The highest BCUT2D eigenvalue weighted by atomic mass is 32.2. The van der Waals surface area contributed by atoms with Crippen molar-refractivity contribution in [3.05, 3.63) is 394 Å². The third kappa shape index (κ3) is 11.1. The molecule has 20 aromatic rings. The van der Waals surface area contributed by atoms with Gasteiger partial charge in [-0.05, 0) is 227 Å². The lowest BCUT2D eigenvalue weighted by Gasteiger charge is -2.29. The first-order chi connectivity index (χ1) is 54.5. The zero-order chi connectivity index (χ0) is 72.3. The quantitative estimate of drug-likeness (QED) is 0.115. The van der Waals surface area contributed by atoms with Gasteiger partial charge in [-0.1, -0.05) is 261 Å². The standard InChI is InChI=1S/C104H66N2OS3/c1-3-19-69-57-72(41-39-65(69)17-1)71-21-11-24-81(59-71)105(79-52-45-68(46-53-79)84-30-16-38-101-102(84)91-29-7-10-37-99(91)108-101)82-25-12-22-76(60-82)86-32-15-34-90-94-64-75(49-56-100(94)110-104(86)90)74-47-54-95(92(62-74)78-42-40-66-18-2-4-20-70(66)58-78)106(80-50-43-67(44-51-80)73-48-55-97-93(63-73)87-27-5-8-35-96(87)107-97)83-26-13-23-77(61-83)85-31-14-33-89-88-28-6-9-36-98(88)109-103(85)89/h1-64,91,99H. The van der Waals surface area contributed by atoms with E-state index in [1.807, 2.05) is 46.6 Å². The lowest BCUT2D eigenvalue weighted by atomic mass is 9.86. The van der Waals surface area contributed by atoms with E-state index in [2.05, 4.69) is 386 Å². The highest BCUT2D eigenvalue weighted by Crippen LogP contribution is 2.53. The summed E-state index contributed by atoms with van der Waals surface area (Å²) in [5, 5.41) is 12.6. The summed E-state index contributed by atoms with van der Waals surface area (Å²) < 4.78 is 11.4. The van der Waals surface area contributed by atoms with Crippen LogP contribution in [0, 0.1) is 0 Å². The lowest BCUT2D eigenvalue weighted by Crippen LogP contribution is -2.11. The Hall–Kier alpha value is -13.1. The second-order valence-corrected chi connectivity index (χ2v) is 32.3. The molecule has 0 saturated carbocycles. The minimum Gasteiger partial charge on any atom is -0.456 e. The number of rotatable bonds is 13. The summed E-state index contributed by atoms with van der Waals surface area (Å²) in [6.07, 6.45) is 9.15. The van der Waals surface area contributed by atoms with Gasteiger partial charge >= 0.3 is 0 Å². The zero-order valence-electron chi connectivity index (χ0n) is 59.6. The van der Waals surface area contributed by atoms with Crippen molar-refractivity contribution in [1.29, 1.82) is 0 Å². The fourth-order valence-corrected chi connectivity index (χ4v) is 21.0. The van der Waals surface area contributed by atoms with Crippen LogP contribution in [0.2, 0.25) is 0 Å². The molecule has 516 valence electrons. The summed E-state index contributed by atoms with van der Waals surface area (Å²) in [6.45, 7) is 0. The van der Waals surface area contributed by atoms with Crippen molar-refractivity contribution < 1.29 is 4.42 Å². The summed E-state index contributed by atoms with van der Waals surface area (Å²) >= 11 is 5.74. The molecule has 2 unspecified atom stereocenters. The Morgan fingerprint density at radius 3 is 1.47 bits per heavy atom. The van der Waals surface area contributed by atoms with Gasteiger partial charge in [0, 0.05) is 101 Å². The van der Waals surface area contributed by atoms with Crippen LogP contribution in [0.3, 0.4) is 0 Å². The summed E-state index contributed by atoms with van der Waals surface area (Å²) in [5.41, 5.74) is 26.1. The van der Waals surface area contributed by atoms with Gasteiger partial charge in [-0.2, -0.15) is 0 Å². The SMILES string of the molecule is C1=CC2Sc3cccc(-c4ccc(N(c5cccc(-c6ccc7ccccc7c6)c5)c5cccc(-c6cccc7c6sc6ccc(-c8ccc(N(c9ccc(-c%10ccc%11oc%12ccccc%12c%11c%10)cc9)c9cccc(-c%10cccc%11c%10sc%10ccccc%10%11)c9)c(-c9ccc%10ccccc%10c9)c8)cc67)c5)cc4)c3C2C=C1. The molecule has 0 amide bonds. The van der Waals surface area contributed by atoms with Gasteiger partial charge in [0.2, 0.25) is 0 Å². The van der Waals surface area contributed by atoms with Gasteiger partial charge in [0.1, 0.15) is 11.2 Å². The molecule has 0 bridgehead atoms. The highest BCUT2D eigenvalue weighted by Gasteiger charge is 2.34. The van der Waals surface area contributed by atoms with Crippen molar-refractivity contribution in [3.8, 4) is 77.9 Å². The number of allylic oxidation sites excluding steroid dienone is 3. The largest absolute Gasteiger partial charge is 0.456 e. The average Bonchev–Trinajstić information content (AvgIpc) is 1.57. The van der Waals surface area contributed by atoms with Crippen LogP contribution in [-0.4, -0.2) is 5.25 Å². The van der Waals surface area contributed by atoms with E-state index < -0.39 is 0 Å². The van der Waals surface area contributed by atoms with E-state index in [0.29, 0.717) is 11.2 Å². The van der Waals surface area contributed by atoms with Crippen molar-refractivity contribution in [2.24, 2.45) is 0 Å². The maximum atomic E-state index is 6.30. The van der Waals surface area contributed by atoms with E-state index in [9.17, 15) is 0 Å². The fraction of sp³-hybridized carbons (Fsp3) is 0.0192. The summed E-state index contributed by atoms with van der Waals surface area (Å²) in [7, 11) is 0. The van der Waals surface area contributed by atoms with E-state index in [1.165, 1.54) is 111 Å². The van der Waals surface area contributed by atoms with Crippen LogP contribution in [-0.2, 0) is 0 Å². The number of furan rings is 1. The molecule has 0 spiro atoms. The molecule has 17 aromatic carbocycles. The number of para-hydroxylation sites is 1. The van der Waals surface area contributed by atoms with Crippen LogP contribution in [0.25, 0.3) is 162 Å². The normalized spacial score (nSPS) is 13.9. The summed E-state index contributed by atoms with van der Waals surface area (Å²) in [5.74, 6) is 0.359. The van der Waals surface area contributed by atoms with Crippen LogP contribution in [0.1, 0.15) is 11.5 Å². The number of thiophene rings is 2. The van der Waals surface area contributed by atoms with Crippen LogP contribution in [0.4, 0.5) is 34.1 Å². The van der Waals surface area contributed by atoms with Crippen molar-refractivity contribution in [1.82, 2.24) is 0 Å². The van der Waals surface area contributed by atoms with Crippen molar-refractivity contribution in [2.45, 2.75) is 16.1 Å². The molecule has 1 aliphatic heterocycles. The van der Waals surface area contributed by atoms with E-state index >= 15 is 0 Å². The summed E-state index contributed by atoms with van der Waals surface area (Å²) in [4.78, 5) is 6.29. The molecular formula is C104H66N2OS3. The Morgan fingerprint density at radius 2 is 0.727 bits per heavy atom. The van der Waals surface area contributed by atoms with Gasteiger partial charge < -0.3 is 14.2 Å². The number of benzene rings is 17. The predicted molar refractivity (Wildman–Crippen MR) is 473 cm³/mol. The van der Waals surface area contributed by atoms with E-state index in [-0.39, 0.29) is 0 Å². The number of hydrogen-bond acceptors (Lipinski definition) is 6. The second-order valence-electron chi connectivity index (χ2n) is 29.0. The first-order valence-electron chi connectivity index (χ1n) is 37.6. The molecule has 6 heteroatoms. The topological polar surface area (TPSA) is 19.6 Å². The Balaban J connectivity index is 0.658. The minimum absolute atomic E-state index is 0.359. The van der Waals surface area contributed by atoms with Gasteiger partial charge in [0.15, 0.2) is 0 Å². The lowest BCUT2D eigenvalue weighted by molar-refractivity contribution is 0.669. The first kappa shape index (κ1) is 64.1. The van der Waals surface area contributed by atoms with E-state index in [4.69, 9.17) is 4.42 Å². The maximum absolute atomic E-state index is 6.30. The Bertz CT molecular complexity index is 7170. The second kappa shape index (κ2) is 26.4. The molecule has 0 N–H and O–H groups in total. The van der Waals surface area contributed by atoms with Crippen molar-refractivity contribution in [3.63, 3.8) is 0 Å². The molecule has 110 heavy (non-hydrogen) atoms. The van der Waals surface area contributed by atoms with E-state index in [0.717, 1.165) is 95.0 Å². The molecule has 3 nitrogen and oxygen atoms in total. The third-order valence-electron chi connectivity index (χ3n) is 22.6. The third-order valence-corrected chi connectivity index (χ3v) is 26.3. The summed E-state index contributed by atoms with van der Waals surface area (Å²) in [6, 6.07) is 135. The van der Waals surface area contributed by atoms with Crippen LogP contribution < -0.4 is 9.80 Å². The minimum atomic E-state index is 0.359. The van der Waals surface area contributed by atoms with Crippen molar-refractivity contribution in [2.75, 3.05) is 9.80 Å². The van der Waals surface area contributed by atoms with E-state index in [1.54, 1.807) is 0 Å². The highest BCUT2D eigenvalue weighted by molar-refractivity contribution is 8.00. The number of thioether (sulfide) groups is 1. The number of anilines is 6. The molecule has 2 atom stereocenters. The monoisotopic (exact) mass is 1450 g/mol. The molecule has 2 aliphatic rings. The molecule has 0 radical (unpaired) electrons. The van der Waals surface area contributed by atoms with Gasteiger partial charge in [-0.3, -0.25) is 0 Å². The van der Waals surface area contributed by atoms with Gasteiger partial charge in [-0.15, -0.1) is 34.4 Å². The van der Waals surface area contributed by atoms with Crippen molar-refractivity contribution >= 4 is 152 Å². The Labute approximate surface area is 649 Å². The van der Waals surface area contributed by atoms with Crippen LogP contribution in [0.5, 0.6) is 0 Å². The van der Waals surface area contributed by atoms with Gasteiger partial charge in [-0.25, -0.2) is 0 Å². The number of nitrogens with zero attached hydrogens (tertiary/aromatic N) is 2. The zero-order valence-corrected chi connectivity index (χ0v) is 62.1. The predicted octanol–water partition coefficient (Wildman–Crippen LogP) is 30.9. The van der Waals surface area contributed by atoms with Gasteiger partial charge in [0.25, 0.3) is 0 Å². The smallest absolute Gasteiger partial charge is 0.135 e. The fourth-order valence-electron chi connectivity index (χ4n) is 17.2. The molecule has 3 aromatic heterocycles. The molecule has 0 fully saturated rings. The number of fused-ring (bicyclic) bond motifs is 14.